The van der Waals surface area contributed by atoms with E-state index in [1.165, 1.54) is 0 Å². The number of ether oxygens (including phenoxy) is 1. The molecule has 0 bridgehead atoms. The first-order valence-corrected chi connectivity index (χ1v) is 7.60. The first-order chi connectivity index (χ1) is 8.93. The molecule has 0 spiro atoms. The van der Waals surface area contributed by atoms with E-state index in [0.29, 0.717) is 5.11 Å². The van der Waals surface area contributed by atoms with Crippen molar-refractivity contribution in [1.82, 2.24) is 10.7 Å². The molecule has 4 nitrogen and oxygen atoms in total. The third-order valence-electron chi connectivity index (χ3n) is 1.98. The lowest BCUT2D eigenvalue weighted by Crippen LogP contribution is -2.28. The van der Waals surface area contributed by atoms with Gasteiger partial charge < -0.3 is 10.1 Å². The lowest BCUT2D eigenvalue weighted by atomic mass is 10.2. The number of halogens is 2. The Balaban J connectivity index is 2.85. The van der Waals surface area contributed by atoms with Crippen molar-refractivity contribution in [3.63, 3.8) is 0 Å². The summed E-state index contributed by atoms with van der Waals surface area (Å²) in [6.07, 6.45) is 1.79. The van der Waals surface area contributed by atoms with E-state index in [-0.39, 0.29) is 6.10 Å². The first kappa shape index (κ1) is 16.4. The van der Waals surface area contributed by atoms with E-state index in [0.717, 1.165) is 20.3 Å². The summed E-state index contributed by atoms with van der Waals surface area (Å²) >= 11 is 11.9. The Bertz CT molecular complexity index is 469. The number of hydrogen-bond acceptors (Lipinski definition) is 3. The fraction of sp³-hybridized carbons (Fsp3) is 0.333. The van der Waals surface area contributed by atoms with Crippen LogP contribution >= 0.6 is 44.1 Å². The SMILES string of the molecule is CNC(=S)N/N=C/c1cc(Br)c(OC(C)C)c(Br)c1. The lowest BCUT2D eigenvalue weighted by molar-refractivity contribution is 0.239. The Hall–Kier alpha value is -0.660. The molecule has 7 heteroatoms. The van der Waals surface area contributed by atoms with Crippen LogP contribution in [-0.2, 0) is 0 Å². The van der Waals surface area contributed by atoms with Crippen LogP contribution in [0.2, 0.25) is 0 Å². The Morgan fingerprint density at radius 2 is 1.95 bits per heavy atom. The van der Waals surface area contributed by atoms with Gasteiger partial charge in [0.1, 0.15) is 5.75 Å². The highest BCUT2D eigenvalue weighted by molar-refractivity contribution is 9.11. The van der Waals surface area contributed by atoms with Crippen LogP contribution in [0.25, 0.3) is 0 Å². The average Bonchev–Trinajstić information content (AvgIpc) is 2.33. The minimum Gasteiger partial charge on any atom is -0.489 e. The Morgan fingerprint density at radius 1 is 1.37 bits per heavy atom. The predicted molar refractivity (Wildman–Crippen MR) is 90.0 cm³/mol. The van der Waals surface area contributed by atoms with Gasteiger partial charge in [0.25, 0.3) is 0 Å². The number of benzene rings is 1. The number of thiocarbonyl (C=S) groups is 1. The maximum atomic E-state index is 5.71. The molecule has 1 aromatic carbocycles. The molecule has 19 heavy (non-hydrogen) atoms. The smallest absolute Gasteiger partial charge is 0.186 e. The molecule has 1 aromatic rings. The fourth-order valence-electron chi connectivity index (χ4n) is 1.22. The molecule has 0 heterocycles. The van der Waals surface area contributed by atoms with E-state index >= 15 is 0 Å². The molecule has 0 saturated heterocycles. The molecule has 104 valence electrons. The van der Waals surface area contributed by atoms with E-state index in [1.54, 1.807) is 13.3 Å². The largest absolute Gasteiger partial charge is 0.489 e. The van der Waals surface area contributed by atoms with E-state index in [2.05, 4.69) is 47.7 Å². The Morgan fingerprint density at radius 3 is 2.42 bits per heavy atom. The van der Waals surface area contributed by atoms with Gasteiger partial charge >= 0.3 is 0 Å². The highest BCUT2D eigenvalue weighted by atomic mass is 79.9. The summed E-state index contributed by atoms with van der Waals surface area (Å²) in [7, 11) is 1.73. The van der Waals surface area contributed by atoms with Crippen LogP contribution in [0.4, 0.5) is 0 Å². The van der Waals surface area contributed by atoms with E-state index in [4.69, 9.17) is 17.0 Å². The summed E-state index contributed by atoms with van der Waals surface area (Å²) in [5.41, 5.74) is 3.61. The summed E-state index contributed by atoms with van der Waals surface area (Å²) in [5.74, 6) is 0.783. The van der Waals surface area contributed by atoms with Crippen LogP contribution in [0.1, 0.15) is 19.4 Å². The zero-order chi connectivity index (χ0) is 14.4. The molecule has 0 saturated carbocycles. The van der Waals surface area contributed by atoms with Crippen molar-refractivity contribution in [3.05, 3.63) is 26.6 Å². The van der Waals surface area contributed by atoms with E-state index < -0.39 is 0 Å². The predicted octanol–water partition coefficient (Wildman–Crippen LogP) is 3.43. The molecular formula is C12H15Br2N3OS. The Kier molecular flexibility index (Phi) is 6.74. The standard InChI is InChI=1S/C12H15Br2N3OS/c1-7(2)18-11-9(13)4-8(5-10(11)14)6-16-17-12(19)15-3/h4-7H,1-3H3,(H2,15,17,19)/b16-6+. The van der Waals surface area contributed by atoms with Crippen molar-refractivity contribution in [3.8, 4) is 5.75 Å². The van der Waals surface area contributed by atoms with Crippen LogP contribution in [0.3, 0.4) is 0 Å². The van der Waals surface area contributed by atoms with Crippen molar-refractivity contribution in [2.24, 2.45) is 5.10 Å². The quantitative estimate of drug-likeness (QED) is 0.455. The minimum absolute atomic E-state index is 0.113. The van der Waals surface area contributed by atoms with Gasteiger partial charge in [0.15, 0.2) is 5.11 Å². The lowest BCUT2D eigenvalue weighted by Gasteiger charge is -2.13. The average molecular weight is 409 g/mol. The summed E-state index contributed by atoms with van der Waals surface area (Å²) in [5, 5.41) is 7.26. The van der Waals surface area contributed by atoms with Gasteiger partial charge in [-0.3, -0.25) is 5.43 Å². The van der Waals surface area contributed by atoms with Crippen LogP contribution in [0.15, 0.2) is 26.2 Å². The number of hydrazone groups is 1. The molecule has 0 amide bonds. The van der Waals surface area contributed by atoms with Gasteiger partial charge in [-0.25, -0.2) is 0 Å². The maximum absolute atomic E-state index is 5.71. The van der Waals surface area contributed by atoms with E-state index in [9.17, 15) is 0 Å². The van der Waals surface area contributed by atoms with Gasteiger partial charge in [-0.15, -0.1) is 0 Å². The molecule has 2 N–H and O–H groups in total. The fourth-order valence-corrected chi connectivity index (χ4v) is 2.69. The van der Waals surface area contributed by atoms with Crippen LogP contribution in [-0.4, -0.2) is 24.5 Å². The summed E-state index contributed by atoms with van der Waals surface area (Å²) in [4.78, 5) is 0. The van der Waals surface area contributed by atoms with Crippen LogP contribution < -0.4 is 15.5 Å². The molecular weight excluding hydrogens is 394 g/mol. The van der Waals surface area contributed by atoms with Crippen molar-refractivity contribution in [2.45, 2.75) is 20.0 Å². The van der Waals surface area contributed by atoms with Crippen molar-refractivity contribution >= 4 is 55.4 Å². The molecule has 0 fully saturated rings. The highest BCUT2D eigenvalue weighted by Crippen LogP contribution is 2.35. The molecule has 0 atom stereocenters. The summed E-state index contributed by atoms with van der Waals surface area (Å²) in [6, 6.07) is 3.85. The molecule has 0 aliphatic heterocycles. The number of nitrogens with one attached hydrogen (secondary N) is 2. The van der Waals surface area contributed by atoms with Crippen molar-refractivity contribution in [1.29, 1.82) is 0 Å². The van der Waals surface area contributed by atoms with Crippen LogP contribution in [0.5, 0.6) is 5.75 Å². The second kappa shape index (κ2) is 7.81. The van der Waals surface area contributed by atoms with Gasteiger partial charge in [0, 0.05) is 7.05 Å². The van der Waals surface area contributed by atoms with Gasteiger partial charge in [0.2, 0.25) is 0 Å². The topological polar surface area (TPSA) is 45.7 Å². The monoisotopic (exact) mass is 407 g/mol. The zero-order valence-electron chi connectivity index (χ0n) is 10.8. The zero-order valence-corrected chi connectivity index (χ0v) is 14.8. The normalized spacial score (nSPS) is 10.8. The number of nitrogens with zero attached hydrogens (tertiary/aromatic N) is 1. The number of hydrogen-bond donors (Lipinski definition) is 2. The second-order valence-corrected chi connectivity index (χ2v) is 6.05. The van der Waals surface area contributed by atoms with Gasteiger partial charge in [-0.1, -0.05) is 0 Å². The molecule has 0 unspecified atom stereocenters. The molecule has 0 aromatic heterocycles. The van der Waals surface area contributed by atoms with Gasteiger partial charge in [-0.05, 0) is 75.6 Å². The molecule has 0 radical (unpaired) electrons. The highest BCUT2D eigenvalue weighted by Gasteiger charge is 2.09. The third kappa shape index (κ3) is 5.46. The van der Waals surface area contributed by atoms with Crippen molar-refractivity contribution in [2.75, 3.05) is 7.05 Å². The number of rotatable bonds is 4. The Labute approximate surface area is 135 Å². The molecule has 0 aliphatic rings. The first-order valence-electron chi connectivity index (χ1n) is 5.60. The van der Waals surface area contributed by atoms with Gasteiger partial charge in [-0.2, -0.15) is 5.10 Å². The van der Waals surface area contributed by atoms with Gasteiger partial charge in [0.05, 0.1) is 21.3 Å². The van der Waals surface area contributed by atoms with Crippen molar-refractivity contribution < 1.29 is 4.74 Å². The maximum Gasteiger partial charge on any atom is 0.186 e. The van der Waals surface area contributed by atoms with Crippen LogP contribution in [0, 0.1) is 0 Å². The summed E-state index contributed by atoms with van der Waals surface area (Å²) in [6.45, 7) is 3.97. The minimum atomic E-state index is 0.113. The molecule has 0 aliphatic carbocycles. The van der Waals surface area contributed by atoms with E-state index in [1.807, 2.05) is 26.0 Å². The third-order valence-corrected chi connectivity index (χ3v) is 3.45. The summed E-state index contributed by atoms with van der Waals surface area (Å²) < 4.78 is 7.44. The second-order valence-electron chi connectivity index (χ2n) is 3.93. The molecule has 1 rings (SSSR count).